The summed E-state index contributed by atoms with van der Waals surface area (Å²) >= 11 is 0. The standard InChI is InChI=1S/C16H20N4O/c1-17-13-7-9-20(10-8-13)16(21)14-11-18-19-15(14)12-5-3-2-4-6-12/h2-6,11,13,17H,7-10H2,1H3,(H,18,19). The van der Waals surface area contributed by atoms with Crippen LogP contribution >= 0.6 is 0 Å². The lowest BCUT2D eigenvalue weighted by molar-refractivity contribution is 0.0708. The Morgan fingerprint density at radius 3 is 2.67 bits per heavy atom. The Balaban J connectivity index is 1.79. The normalized spacial score (nSPS) is 16.1. The number of nitrogens with zero attached hydrogens (tertiary/aromatic N) is 2. The Labute approximate surface area is 124 Å². The number of carbonyl (C=O) groups excluding carboxylic acids is 1. The molecule has 110 valence electrons. The van der Waals surface area contributed by atoms with Crippen molar-refractivity contribution in [2.45, 2.75) is 18.9 Å². The van der Waals surface area contributed by atoms with Crippen LogP contribution in [0, 0.1) is 0 Å². The van der Waals surface area contributed by atoms with Crippen LogP contribution in [-0.2, 0) is 0 Å². The molecule has 0 unspecified atom stereocenters. The summed E-state index contributed by atoms with van der Waals surface area (Å²) in [6.07, 6.45) is 3.64. The molecule has 2 heterocycles. The van der Waals surface area contributed by atoms with Crippen LogP contribution in [0.5, 0.6) is 0 Å². The topological polar surface area (TPSA) is 61.0 Å². The predicted molar refractivity (Wildman–Crippen MR) is 82.0 cm³/mol. The maximum Gasteiger partial charge on any atom is 0.257 e. The van der Waals surface area contributed by atoms with Gasteiger partial charge in [-0.25, -0.2) is 0 Å². The first-order valence-electron chi connectivity index (χ1n) is 7.35. The van der Waals surface area contributed by atoms with E-state index in [1.165, 1.54) is 0 Å². The monoisotopic (exact) mass is 284 g/mol. The third-order valence-electron chi connectivity index (χ3n) is 4.12. The largest absolute Gasteiger partial charge is 0.338 e. The van der Waals surface area contributed by atoms with Crippen molar-refractivity contribution in [1.82, 2.24) is 20.4 Å². The SMILES string of the molecule is CNC1CCN(C(=O)c2cn[nH]c2-c2ccccc2)CC1. The van der Waals surface area contributed by atoms with Crippen LogP contribution in [0.1, 0.15) is 23.2 Å². The number of nitrogens with one attached hydrogen (secondary N) is 2. The molecule has 1 aliphatic heterocycles. The maximum atomic E-state index is 12.7. The van der Waals surface area contributed by atoms with Crippen LogP contribution in [0.2, 0.25) is 0 Å². The van der Waals surface area contributed by atoms with Crippen LogP contribution in [0.4, 0.5) is 0 Å². The number of H-pyrrole nitrogens is 1. The van der Waals surface area contributed by atoms with Crippen LogP contribution in [0.3, 0.4) is 0 Å². The molecule has 0 spiro atoms. The molecule has 1 fully saturated rings. The first kappa shape index (κ1) is 13.8. The molecule has 1 aromatic heterocycles. The first-order valence-corrected chi connectivity index (χ1v) is 7.35. The summed E-state index contributed by atoms with van der Waals surface area (Å²) in [5, 5.41) is 10.3. The van der Waals surface area contributed by atoms with Gasteiger partial charge in [0.25, 0.3) is 5.91 Å². The van der Waals surface area contributed by atoms with Crippen molar-refractivity contribution in [3.8, 4) is 11.3 Å². The number of likely N-dealkylation sites (tertiary alicyclic amines) is 1. The van der Waals surface area contributed by atoms with Gasteiger partial charge < -0.3 is 10.2 Å². The van der Waals surface area contributed by atoms with Gasteiger partial charge in [0.05, 0.1) is 17.5 Å². The molecular formula is C16H20N4O. The van der Waals surface area contributed by atoms with E-state index in [1.54, 1.807) is 6.20 Å². The Hall–Kier alpha value is -2.14. The van der Waals surface area contributed by atoms with Gasteiger partial charge in [0.1, 0.15) is 0 Å². The Morgan fingerprint density at radius 1 is 1.29 bits per heavy atom. The highest BCUT2D eigenvalue weighted by atomic mass is 16.2. The molecule has 5 heteroatoms. The van der Waals surface area contributed by atoms with Crippen molar-refractivity contribution < 1.29 is 4.79 Å². The van der Waals surface area contributed by atoms with Crippen molar-refractivity contribution in [1.29, 1.82) is 0 Å². The number of piperidine rings is 1. The number of benzene rings is 1. The summed E-state index contributed by atoms with van der Waals surface area (Å²) in [6.45, 7) is 1.59. The molecule has 0 aliphatic carbocycles. The second-order valence-electron chi connectivity index (χ2n) is 5.38. The summed E-state index contributed by atoms with van der Waals surface area (Å²) in [5.74, 6) is 0.0668. The molecule has 1 saturated heterocycles. The molecular weight excluding hydrogens is 264 g/mol. The van der Waals surface area contributed by atoms with E-state index in [4.69, 9.17) is 0 Å². The molecule has 0 bridgehead atoms. The zero-order valence-corrected chi connectivity index (χ0v) is 12.2. The molecule has 3 rings (SSSR count). The van der Waals surface area contributed by atoms with Crippen LogP contribution in [0.25, 0.3) is 11.3 Å². The summed E-state index contributed by atoms with van der Waals surface area (Å²) in [7, 11) is 1.98. The van der Waals surface area contributed by atoms with Crippen molar-refractivity contribution >= 4 is 5.91 Å². The second-order valence-corrected chi connectivity index (χ2v) is 5.38. The highest BCUT2D eigenvalue weighted by Gasteiger charge is 2.25. The predicted octanol–water partition coefficient (Wildman–Crippen LogP) is 1.90. The average molecular weight is 284 g/mol. The van der Waals surface area contributed by atoms with Gasteiger partial charge in [-0.05, 0) is 19.9 Å². The molecule has 5 nitrogen and oxygen atoms in total. The fourth-order valence-corrected chi connectivity index (χ4v) is 2.81. The summed E-state index contributed by atoms with van der Waals surface area (Å²) in [6, 6.07) is 10.4. The van der Waals surface area contributed by atoms with E-state index < -0.39 is 0 Å². The van der Waals surface area contributed by atoms with Crippen LogP contribution < -0.4 is 5.32 Å². The maximum absolute atomic E-state index is 12.7. The average Bonchev–Trinajstić information content (AvgIpc) is 3.04. The van der Waals surface area contributed by atoms with E-state index in [1.807, 2.05) is 42.3 Å². The molecule has 1 amide bonds. The van der Waals surface area contributed by atoms with Crippen molar-refractivity contribution in [3.05, 3.63) is 42.1 Å². The van der Waals surface area contributed by atoms with Crippen molar-refractivity contribution in [2.24, 2.45) is 0 Å². The highest BCUT2D eigenvalue weighted by Crippen LogP contribution is 2.23. The van der Waals surface area contributed by atoms with Crippen molar-refractivity contribution in [3.63, 3.8) is 0 Å². The summed E-state index contributed by atoms with van der Waals surface area (Å²) in [5.41, 5.74) is 2.45. The lowest BCUT2D eigenvalue weighted by Crippen LogP contribution is -2.44. The van der Waals surface area contributed by atoms with E-state index in [9.17, 15) is 4.79 Å². The van der Waals surface area contributed by atoms with Gasteiger partial charge >= 0.3 is 0 Å². The van der Waals surface area contributed by atoms with Gasteiger partial charge in [-0.2, -0.15) is 5.10 Å². The number of amides is 1. The van der Waals surface area contributed by atoms with E-state index in [0.717, 1.165) is 37.2 Å². The highest BCUT2D eigenvalue weighted by molar-refractivity contribution is 5.99. The molecule has 2 aromatic rings. The fraction of sp³-hybridized carbons (Fsp3) is 0.375. The van der Waals surface area contributed by atoms with E-state index in [-0.39, 0.29) is 5.91 Å². The number of rotatable bonds is 3. The lowest BCUT2D eigenvalue weighted by atomic mass is 10.0. The van der Waals surface area contributed by atoms with Gasteiger partial charge in [-0.1, -0.05) is 30.3 Å². The number of carbonyl (C=O) groups is 1. The zero-order chi connectivity index (χ0) is 14.7. The number of aromatic amines is 1. The minimum atomic E-state index is 0.0668. The minimum Gasteiger partial charge on any atom is -0.338 e. The van der Waals surface area contributed by atoms with Crippen LogP contribution in [0.15, 0.2) is 36.5 Å². The van der Waals surface area contributed by atoms with E-state index >= 15 is 0 Å². The Bertz CT molecular complexity index is 600. The quantitative estimate of drug-likeness (QED) is 0.905. The van der Waals surface area contributed by atoms with E-state index in [2.05, 4.69) is 15.5 Å². The first-order chi connectivity index (χ1) is 10.3. The lowest BCUT2D eigenvalue weighted by Gasteiger charge is -2.31. The fourth-order valence-electron chi connectivity index (χ4n) is 2.81. The number of aromatic nitrogens is 2. The van der Waals surface area contributed by atoms with Crippen LogP contribution in [-0.4, -0.2) is 47.2 Å². The van der Waals surface area contributed by atoms with Gasteiger partial charge in [0.15, 0.2) is 0 Å². The summed E-state index contributed by atoms with van der Waals surface area (Å²) < 4.78 is 0. The molecule has 0 radical (unpaired) electrons. The third-order valence-corrected chi connectivity index (χ3v) is 4.12. The summed E-state index contributed by atoms with van der Waals surface area (Å²) in [4.78, 5) is 14.6. The van der Waals surface area contributed by atoms with E-state index in [0.29, 0.717) is 11.6 Å². The number of hydrogen-bond acceptors (Lipinski definition) is 3. The van der Waals surface area contributed by atoms with Crippen molar-refractivity contribution in [2.75, 3.05) is 20.1 Å². The minimum absolute atomic E-state index is 0.0668. The molecule has 2 N–H and O–H groups in total. The number of hydrogen-bond donors (Lipinski definition) is 2. The second kappa shape index (κ2) is 6.10. The smallest absolute Gasteiger partial charge is 0.257 e. The molecule has 21 heavy (non-hydrogen) atoms. The van der Waals surface area contributed by atoms with Gasteiger partial charge in [-0.3, -0.25) is 9.89 Å². The Morgan fingerprint density at radius 2 is 2.00 bits per heavy atom. The van der Waals surface area contributed by atoms with Gasteiger partial charge in [-0.15, -0.1) is 0 Å². The third kappa shape index (κ3) is 2.83. The van der Waals surface area contributed by atoms with Gasteiger partial charge in [0.2, 0.25) is 0 Å². The van der Waals surface area contributed by atoms with Gasteiger partial charge in [0, 0.05) is 24.7 Å². The zero-order valence-electron chi connectivity index (χ0n) is 12.2. The Kier molecular flexibility index (Phi) is 4.01. The molecule has 0 saturated carbocycles. The molecule has 1 aliphatic rings. The molecule has 1 aromatic carbocycles. The molecule has 0 atom stereocenters.